The van der Waals surface area contributed by atoms with Crippen molar-refractivity contribution in [3.05, 3.63) is 54.1 Å². The van der Waals surface area contributed by atoms with E-state index in [0.717, 1.165) is 6.42 Å². The van der Waals surface area contributed by atoms with E-state index in [-0.39, 0.29) is 11.8 Å². The molecular weight excluding hydrogens is 292 g/mol. The van der Waals surface area contributed by atoms with Crippen LogP contribution in [0.25, 0.3) is 0 Å². The van der Waals surface area contributed by atoms with Crippen LogP contribution in [-0.2, 0) is 4.79 Å². The van der Waals surface area contributed by atoms with Crippen LogP contribution in [0.15, 0.2) is 48.5 Å². The predicted molar refractivity (Wildman–Crippen MR) is 90.9 cm³/mol. The monoisotopic (exact) mass is 312 g/mol. The zero-order valence-corrected chi connectivity index (χ0v) is 13.3. The van der Waals surface area contributed by atoms with Gasteiger partial charge in [0.1, 0.15) is 5.75 Å². The highest BCUT2D eigenvalue weighted by Crippen LogP contribution is 2.16. The van der Waals surface area contributed by atoms with Crippen molar-refractivity contribution < 1.29 is 14.3 Å². The lowest BCUT2D eigenvalue weighted by molar-refractivity contribution is -0.116. The van der Waals surface area contributed by atoms with Crippen LogP contribution in [0.3, 0.4) is 0 Å². The van der Waals surface area contributed by atoms with Gasteiger partial charge in [0.15, 0.2) is 0 Å². The summed E-state index contributed by atoms with van der Waals surface area (Å²) < 4.78 is 5.06. The maximum Gasteiger partial charge on any atom is 0.255 e. The van der Waals surface area contributed by atoms with Gasteiger partial charge >= 0.3 is 0 Å². The van der Waals surface area contributed by atoms with Crippen LogP contribution in [0.4, 0.5) is 11.4 Å². The summed E-state index contributed by atoms with van der Waals surface area (Å²) in [6, 6.07) is 13.9. The Morgan fingerprint density at radius 3 is 2.00 bits per heavy atom. The van der Waals surface area contributed by atoms with E-state index < -0.39 is 0 Å². The van der Waals surface area contributed by atoms with Crippen LogP contribution in [0.5, 0.6) is 5.75 Å². The molecule has 0 aliphatic rings. The zero-order chi connectivity index (χ0) is 16.7. The lowest BCUT2D eigenvalue weighted by Gasteiger charge is -2.08. The summed E-state index contributed by atoms with van der Waals surface area (Å²) in [6.07, 6.45) is 1.30. The number of hydrogen-bond acceptors (Lipinski definition) is 3. The van der Waals surface area contributed by atoms with Crippen LogP contribution in [0, 0.1) is 0 Å². The number of ether oxygens (including phenoxy) is 1. The largest absolute Gasteiger partial charge is 0.497 e. The average Bonchev–Trinajstić information content (AvgIpc) is 2.57. The van der Waals surface area contributed by atoms with Gasteiger partial charge in [0.25, 0.3) is 5.91 Å². The number of methoxy groups -OCH3 is 1. The van der Waals surface area contributed by atoms with E-state index in [2.05, 4.69) is 10.6 Å². The van der Waals surface area contributed by atoms with Gasteiger partial charge < -0.3 is 15.4 Å². The highest BCUT2D eigenvalue weighted by Gasteiger charge is 2.06. The molecular formula is C18H20N2O3. The van der Waals surface area contributed by atoms with Crippen molar-refractivity contribution in [1.29, 1.82) is 0 Å². The van der Waals surface area contributed by atoms with Gasteiger partial charge in [-0.15, -0.1) is 0 Å². The minimum Gasteiger partial charge on any atom is -0.497 e. The molecule has 0 spiro atoms. The quantitative estimate of drug-likeness (QED) is 0.855. The van der Waals surface area contributed by atoms with E-state index in [4.69, 9.17) is 4.74 Å². The van der Waals surface area contributed by atoms with Crippen LogP contribution < -0.4 is 15.4 Å². The second kappa shape index (κ2) is 7.98. The van der Waals surface area contributed by atoms with Crippen LogP contribution >= 0.6 is 0 Å². The normalized spacial score (nSPS) is 10.0. The molecule has 120 valence electrons. The molecule has 2 rings (SSSR count). The fourth-order valence-corrected chi connectivity index (χ4v) is 2.03. The van der Waals surface area contributed by atoms with Gasteiger partial charge in [0, 0.05) is 23.4 Å². The molecule has 0 aliphatic carbocycles. The number of benzene rings is 2. The summed E-state index contributed by atoms with van der Waals surface area (Å²) in [5, 5.41) is 5.61. The third-order valence-corrected chi connectivity index (χ3v) is 3.26. The molecule has 0 atom stereocenters. The van der Waals surface area contributed by atoms with Gasteiger partial charge in [-0.05, 0) is 55.0 Å². The van der Waals surface area contributed by atoms with Crippen molar-refractivity contribution in [2.75, 3.05) is 17.7 Å². The molecule has 0 fully saturated rings. The van der Waals surface area contributed by atoms with Crippen molar-refractivity contribution >= 4 is 23.2 Å². The number of hydrogen-bond donors (Lipinski definition) is 2. The molecule has 0 saturated carbocycles. The summed E-state index contributed by atoms with van der Waals surface area (Å²) in [5.74, 6) is 0.492. The van der Waals surface area contributed by atoms with E-state index >= 15 is 0 Å². The molecule has 0 aliphatic heterocycles. The lowest BCUT2D eigenvalue weighted by atomic mass is 10.2. The van der Waals surface area contributed by atoms with E-state index in [1.807, 2.05) is 6.92 Å². The summed E-state index contributed by atoms with van der Waals surface area (Å²) in [4.78, 5) is 23.7. The van der Waals surface area contributed by atoms with Gasteiger partial charge in [-0.25, -0.2) is 0 Å². The second-order valence-electron chi connectivity index (χ2n) is 5.06. The Morgan fingerprint density at radius 2 is 1.48 bits per heavy atom. The first kappa shape index (κ1) is 16.5. The van der Waals surface area contributed by atoms with Crippen molar-refractivity contribution in [3.8, 4) is 5.75 Å². The maximum atomic E-state index is 12.1. The topological polar surface area (TPSA) is 67.4 Å². The van der Waals surface area contributed by atoms with Crippen molar-refractivity contribution in [1.82, 2.24) is 0 Å². The Kier molecular flexibility index (Phi) is 5.74. The zero-order valence-electron chi connectivity index (χ0n) is 13.3. The number of nitrogens with one attached hydrogen (secondary N) is 2. The molecule has 23 heavy (non-hydrogen) atoms. The summed E-state index contributed by atoms with van der Waals surface area (Å²) in [6.45, 7) is 1.96. The molecule has 0 heterocycles. The summed E-state index contributed by atoms with van der Waals surface area (Å²) >= 11 is 0. The number of amides is 2. The lowest BCUT2D eigenvalue weighted by Crippen LogP contribution is -2.12. The number of anilines is 2. The first-order valence-corrected chi connectivity index (χ1v) is 7.47. The van der Waals surface area contributed by atoms with Crippen LogP contribution in [0.2, 0.25) is 0 Å². The molecule has 5 heteroatoms. The van der Waals surface area contributed by atoms with E-state index in [1.54, 1.807) is 55.6 Å². The Balaban J connectivity index is 1.96. The van der Waals surface area contributed by atoms with Crippen molar-refractivity contribution in [3.63, 3.8) is 0 Å². The molecule has 0 aromatic heterocycles. The molecule has 2 aromatic carbocycles. The predicted octanol–water partition coefficient (Wildman–Crippen LogP) is 3.69. The van der Waals surface area contributed by atoms with Gasteiger partial charge in [0.05, 0.1) is 7.11 Å². The first-order chi connectivity index (χ1) is 11.1. The average molecular weight is 312 g/mol. The Labute approximate surface area is 135 Å². The van der Waals surface area contributed by atoms with Crippen LogP contribution in [-0.4, -0.2) is 18.9 Å². The molecule has 5 nitrogen and oxygen atoms in total. The third-order valence-electron chi connectivity index (χ3n) is 3.26. The summed E-state index contributed by atoms with van der Waals surface area (Å²) in [7, 11) is 1.58. The summed E-state index contributed by atoms with van der Waals surface area (Å²) in [5.41, 5.74) is 1.93. The molecule has 0 bridgehead atoms. The number of rotatable bonds is 6. The van der Waals surface area contributed by atoms with Gasteiger partial charge in [-0.2, -0.15) is 0 Å². The van der Waals surface area contributed by atoms with Crippen molar-refractivity contribution in [2.24, 2.45) is 0 Å². The Morgan fingerprint density at radius 1 is 0.913 bits per heavy atom. The fourth-order valence-electron chi connectivity index (χ4n) is 2.03. The molecule has 2 N–H and O–H groups in total. The molecule has 0 radical (unpaired) electrons. The minimum atomic E-state index is -0.199. The fraction of sp³-hybridized carbons (Fsp3) is 0.222. The Hall–Kier alpha value is -2.82. The van der Waals surface area contributed by atoms with Gasteiger partial charge in [-0.3, -0.25) is 9.59 Å². The van der Waals surface area contributed by atoms with E-state index in [0.29, 0.717) is 29.1 Å². The van der Waals surface area contributed by atoms with Crippen molar-refractivity contribution in [2.45, 2.75) is 19.8 Å². The number of carbonyl (C=O) groups excluding carboxylic acids is 2. The molecule has 2 aromatic rings. The van der Waals surface area contributed by atoms with Crippen LogP contribution in [0.1, 0.15) is 30.1 Å². The molecule has 2 amide bonds. The van der Waals surface area contributed by atoms with Gasteiger partial charge in [0.2, 0.25) is 5.91 Å². The second-order valence-corrected chi connectivity index (χ2v) is 5.06. The standard InChI is InChI=1S/C18H20N2O3/c1-3-4-17(21)19-14-7-9-15(10-8-14)20-18(22)13-5-11-16(23-2)12-6-13/h5-12H,3-4H2,1-2H3,(H,19,21)(H,20,22). The van der Waals surface area contributed by atoms with E-state index in [1.165, 1.54) is 0 Å². The SMILES string of the molecule is CCCC(=O)Nc1ccc(NC(=O)c2ccc(OC)cc2)cc1. The molecule has 0 unspecified atom stereocenters. The minimum absolute atomic E-state index is 0.0116. The highest BCUT2D eigenvalue weighted by molar-refractivity contribution is 6.04. The smallest absolute Gasteiger partial charge is 0.255 e. The third kappa shape index (κ3) is 4.85. The van der Waals surface area contributed by atoms with E-state index in [9.17, 15) is 9.59 Å². The maximum absolute atomic E-state index is 12.1. The Bertz CT molecular complexity index is 664. The first-order valence-electron chi connectivity index (χ1n) is 7.47. The molecule has 0 saturated heterocycles. The van der Waals surface area contributed by atoms with Gasteiger partial charge in [-0.1, -0.05) is 6.92 Å². The number of carbonyl (C=O) groups is 2. The highest BCUT2D eigenvalue weighted by atomic mass is 16.5.